The Morgan fingerprint density at radius 3 is 2.50 bits per heavy atom. The zero-order chi connectivity index (χ0) is 14.7. The molecule has 1 amide bonds. The molecule has 1 aromatic heterocycles. The largest absolute Gasteiger partial charge is 0.378 e. The molecule has 0 aliphatic rings. The van der Waals surface area contributed by atoms with Crippen LogP contribution in [0.15, 0.2) is 30.3 Å². The van der Waals surface area contributed by atoms with Crippen molar-refractivity contribution in [3.63, 3.8) is 0 Å². The van der Waals surface area contributed by atoms with Crippen LogP contribution >= 0.6 is 34.5 Å². The van der Waals surface area contributed by atoms with Gasteiger partial charge in [-0.3, -0.25) is 4.79 Å². The fourth-order valence-corrected chi connectivity index (χ4v) is 3.54. The molecular formula is C14H14Cl2N2OS. The van der Waals surface area contributed by atoms with Crippen LogP contribution in [0.1, 0.15) is 24.1 Å². The fourth-order valence-electron chi connectivity index (χ4n) is 1.90. The molecule has 106 valence electrons. The quantitative estimate of drug-likeness (QED) is 0.861. The summed E-state index contributed by atoms with van der Waals surface area (Å²) in [6.07, 6.45) is 0.252. The van der Waals surface area contributed by atoms with Crippen LogP contribution in [0.4, 0.5) is 5.69 Å². The maximum atomic E-state index is 10.8. The highest BCUT2D eigenvalue weighted by molar-refractivity contribution is 7.20. The van der Waals surface area contributed by atoms with E-state index in [-0.39, 0.29) is 18.4 Å². The molecule has 0 aliphatic heterocycles. The minimum Gasteiger partial charge on any atom is -0.378 e. The number of carbonyl (C=O) groups is 1. The van der Waals surface area contributed by atoms with Crippen molar-refractivity contribution in [3.8, 4) is 0 Å². The van der Waals surface area contributed by atoms with Gasteiger partial charge in [0, 0.05) is 11.3 Å². The summed E-state index contributed by atoms with van der Waals surface area (Å²) in [4.78, 5) is 10.8. The molecule has 0 aliphatic carbocycles. The van der Waals surface area contributed by atoms with Crippen LogP contribution in [0.3, 0.4) is 0 Å². The van der Waals surface area contributed by atoms with Gasteiger partial charge >= 0.3 is 0 Å². The highest BCUT2D eigenvalue weighted by Gasteiger charge is 2.13. The molecule has 0 spiro atoms. The van der Waals surface area contributed by atoms with E-state index >= 15 is 0 Å². The zero-order valence-corrected chi connectivity index (χ0v) is 13.1. The summed E-state index contributed by atoms with van der Waals surface area (Å²) in [6, 6.07) is 9.50. The van der Waals surface area contributed by atoms with Crippen molar-refractivity contribution in [2.45, 2.75) is 19.4 Å². The molecule has 1 atom stereocenters. The predicted octanol–water partition coefficient (Wildman–Crippen LogP) is 4.26. The van der Waals surface area contributed by atoms with Gasteiger partial charge in [-0.05, 0) is 30.7 Å². The van der Waals surface area contributed by atoms with E-state index in [2.05, 4.69) is 5.32 Å². The van der Waals surface area contributed by atoms with E-state index in [0.29, 0.717) is 8.67 Å². The van der Waals surface area contributed by atoms with E-state index in [0.717, 1.165) is 16.8 Å². The highest BCUT2D eigenvalue weighted by atomic mass is 35.5. The molecule has 2 aromatic rings. The number of rotatable bonds is 5. The Kier molecular flexibility index (Phi) is 4.91. The fraction of sp³-hybridized carbons (Fsp3) is 0.214. The molecule has 0 radical (unpaired) electrons. The third kappa shape index (κ3) is 3.88. The van der Waals surface area contributed by atoms with Gasteiger partial charge in [0.2, 0.25) is 5.91 Å². The molecule has 3 N–H and O–H groups in total. The van der Waals surface area contributed by atoms with Crippen LogP contribution in [-0.4, -0.2) is 5.91 Å². The molecular weight excluding hydrogens is 315 g/mol. The predicted molar refractivity (Wildman–Crippen MR) is 85.7 cm³/mol. The normalized spacial score (nSPS) is 12.2. The van der Waals surface area contributed by atoms with Crippen LogP contribution in [0.2, 0.25) is 8.67 Å². The SMILES string of the molecule is CC(Nc1ccc(CC(N)=O)cc1)c1cc(Cl)sc1Cl. The van der Waals surface area contributed by atoms with Gasteiger partial charge in [0.15, 0.2) is 0 Å². The second kappa shape index (κ2) is 6.48. The molecule has 20 heavy (non-hydrogen) atoms. The Morgan fingerprint density at radius 1 is 1.35 bits per heavy atom. The number of hydrogen-bond acceptors (Lipinski definition) is 3. The smallest absolute Gasteiger partial charge is 0.221 e. The molecule has 1 aromatic carbocycles. The number of benzene rings is 1. The molecule has 0 bridgehead atoms. The van der Waals surface area contributed by atoms with Gasteiger partial charge in [-0.2, -0.15) is 0 Å². The van der Waals surface area contributed by atoms with Gasteiger partial charge in [-0.15, -0.1) is 11.3 Å². The van der Waals surface area contributed by atoms with E-state index < -0.39 is 0 Å². The standard InChI is InChI=1S/C14H14Cl2N2OS/c1-8(11-7-12(15)20-14(11)16)18-10-4-2-9(3-5-10)6-13(17)19/h2-5,7-8,18H,6H2,1H3,(H2,17,19). The summed E-state index contributed by atoms with van der Waals surface area (Å²) in [5.74, 6) is -0.334. The number of nitrogens with one attached hydrogen (secondary N) is 1. The van der Waals surface area contributed by atoms with Gasteiger partial charge < -0.3 is 11.1 Å². The molecule has 2 rings (SSSR count). The van der Waals surface area contributed by atoms with Crippen molar-refractivity contribution in [1.29, 1.82) is 0 Å². The Balaban J connectivity index is 2.06. The Labute approximate surface area is 131 Å². The van der Waals surface area contributed by atoms with Crippen LogP contribution in [0.5, 0.6) is 0 Å². The second-order valence-corrected chi connectivity index (χ2v) is 6.77. The van der Waals surface area contributed by atoms with E-state index in [4.69, 9.17) is 28.9 Å². The van der Waals surface area contributed by atoms with Crippen LogP contribution in [0, 0.1) is 0 Å². The Morgan fingerprint density at radius 2 is 2.00 bits per heavy atom. The minimum atomic E-state index is -0.334. The Hall–Kier alpha value is -1.23. The van der Waals surface area contributed by atoms with Crippen molar-refractivity contribution in [2.75, 3.05) is 5.32 Å². The molecule has 1 heterocycles. The first-order chi connectivity index (χ1) is 9.45. The number of anilines is 1. The number of halogens is 2. The van der Waals surface area contributed by atoms with Crippen molar-refractivity contribution < 1.29 is 4.79 Å². The molecule has 0 fully saturated rings. The van der Waals surface area contributed by atoms with E-state index in [1.54, 1.807) is 0 Å². The molecule has 0 saturated heterocycles. The molecule has 3 nitrogen and oxygen atoms in total. The van der Waals surface area contributed by atoms with Gasteiger partial charge in [0.1, 0.15) is 0 Å². The summed E-state index contributed by atoms with van der Waals surface area (Å²) >= 11 is 13.4. The van der Waals surface area contributed by atoms with E-state index in [1.807, 2.05) is 37.3 Å². The van der Waals surface area contributed by atoms with Gasteiger partial charge in [0.05, 0.1) is 21.1 Å². The summed E-state index contributed by atoms with van der Waals surface area (Å²) in [5.41, 5.74) is 7.98. The third-order valence-corrected chi connectivity index (χ3v) is 4.38. The van der Waals surface area contributed by atoms with Crippen molar-refractivity contribution in [1.82, 2.24) is 0 Å². The summed E-state index contributed by atoms with van der Waals surface area (Å²) < 4.78 is 1.37. The summed E-state index contributed by atoms with van der Waals surface area (Å²) in [7, 11) is 0. The number of nitrogens with two attached hydrogens (primary N) is 1. The second-order valence-electron chi connectivity index (χ2n) is 4.49. The zero-order valence-electron chi connectivity index (χ0n) is 10.8. The number of hydrogen-bond donors (Lipinski definition) is 2. The topological polar surface area (TPSA) is 55.1 Å². The van der Waals surface area contributed by atoms with Crippen molar-refractivity contribution >= 4 is 46.1 Å². The van der Waals surface area contributed by atoms with Gasteiger partial charge in [-0.1, -0.05) is 35.3 Å². The van der Waals surface area contributed by atoms with E-state index in [9.17, 15) is 4.79 Å². The number of carbonyl (C=O) groups excluding carboxylic acids is 1. The number of amides is 1. The lowest BCUT2D eigenvalue weighted by Crippen LogP contribution is -2.13. The highest BCUT2D eigenvalue weighted by Crippen LogP contribution is 2.36. The van der Waals surface area contributed by atoms with Crippen LogP contribution in [-0.2, 0) is 11.2 Å². The molecule has 6 heteroatoms. The first-order valence-corrected chi connectivity index (χ1v) is 7.61. The van der Waals surface area contributed by atoms with E-state index in [1.165, 1.54) is 11.3 Å². The average Bonchev–Trinajstić information content (AvgIpc) is 2.70. The minimum absolute atomic E-state index is 0.0493. The first kappa shape index (κ1) is 15.2. The lowest BCUT2D eigenvalue weighted by atomic mass is 10.1. The molecule has 1 unspecified atom stereocenters. The van der Waals surface area contributed by atoms with Gasteiger partial charge in [-0.25, -0.2) is 0 Å². The lowest BCUT2D eigenvalue weighted by molar-refractivity contribution is -0.117. The monoisotopic (exact) mass is 328 g/mol. The third-order valence-electron chi connectivity index (χ3n) is 2.87. The van der Waals surface area contributed by atoms with Crippen molar-refractivity contribution in [3.05, 3.63) is 50.1 Å². The van der Waals surface area contributed by atoms with Crippen LogP contribution in [0.25, 0.3) is 0 Å². The van der Waals surface area contributed by atoms with Crippen molar-refractivity contribution in [2.24, 2.45) is 5.73 Å². The maximum absolute atomic E-state index is 10.8. The number of thiophene rings is 1. The first-order valence-electron chi connectivity index (χ1n) is 6.04. The maximum Gasteiger partial charge on any atom is 0.221 e. The molecule has 0 saturated carbocycles. The average molecular weight is 329 g/mol. The lowest BCUT2D eigenvalue weighted by Gasteiger charge is -2.15. The van der Waals surface area contributed by atoms with Gasteiger partial charge in [0.25, 0.3) is 0 Å². The van der Waals surface area contributed by atoms with Crippen LogP contribution < -0.4 is 11.1 Å². The Bertz CT molecular complexity index is 610. The summed E-state index contributed by atoms with van der Waals surface area (Å²) in [6.45, 7) is 2.02. The summed E-state index contributed by atoms with van der Waals surface area (Å²) in [5, 5.41) is 3.34. The number of primary amides is 1.